The largest absolute Gasteiger partial charge is 0.355 e. The van der Waals surface area contributed by atoms with Crippen molar-refractivity contribution in [2.24, 2.45) is 0 Å². The van der Waals surface area contributed by atoms with Crippen molar-refractivity contribution in [2.75, 3.05) is 5.32 Å². The lowest BCUT2D eigenvalue weighted by atomic mass is 10.0. The molecule has 0 saturated carbocycles. The first-order valence-corrected chi connectivity index (χ1v) is 12.8. The van der Waals surface area contributed by atoms with E-state index in [1.54, 1.807) is 22.7 Å². The fraction of sp³-hybridized carbons (Fsp3) is 0.231. The van der Waals surface area contributed by atoms with Gasteiger partial charge in [-0.05, 0) is 68.5 Å². The first kappa shape index (κ1) is 21.7. The van der Waals surface area contributed by atoms with Crippen LogP contribution in [0.5, 0.6) is 0 Å². The number of aromatic nitrogens is 3. The van der Waals surface area contributed by atoms with Gasteiger partial charge >= 0.3 is 0 Å². The minimum absolute atomic E-state index is 0.867. The molecule has 0 atom stereocenters. The molecule has 0 fully saturated rings. The van der Waals surface area contributed by atoms with E-state index in [4.69, 9.17) is 9.97 Å². The number of pyridine rings is 1. The molecule has 4 aromatic rings. The van der Waals surface area contributed by atoms with E-state index < -0.39 is 0 Å². The second kappa shape index (κ2) is 9.00. The second-order valence-corrected chi connectivity index (χ2v) is 10.2. The highest BCUT2D eigenvalue weighted by Crippen LogP contribution is 2.33. The molecular weight excluding hydrogens is 446 g/mol. The average Bonchev–Trinajstić information content (AvgIpc) is 3.53. The molecule has 4 heterocycles. The van der Waals surface area contributed by atoms with Crippen LogP contribution in [0, 0.1) is 6.92 Å². The SMILES string of the molecule is C=C(NC1=C(C)CCC=C1)c1ccc(Nc2nc(-c3c(C)nc4ccc(CC)cn34)cs2)s1. The van der Waals surface area contributed by atoms with E-state index in [1.165, 1.54) is 11.1 Å². The molecule has 168 valence electrons. The average molecular weight is 474 g/mol. The molecule has 1 aliphatic carbocycles. The highest BCUT2D eigenvalue weighted by atomic mass is 32.1. The quantitative estimate of drug-likeness (QED) is 0.295. The molecule has 4 aromatic heterocycles. The molecule has 5 nitrogen and oxygen atoms in total. The number of hydrogen-bond acceptors (Lipinski definition) is 6. The summed E-state index contributed by atoms with van der Waals surface area (Å²) in [5.41, 5.74) is 8.67. The maximum atomic E-state index is 4.87. The van der Waals surface area contributed by atoms with E-state index in [1.807, 2.05) is 6.92 Å². The number of thiazole rings is 1. The molecule has 0 bridgehead atoms. The summed E-state index contributed by atoms with van der Waals surface area (Å²) in [6.45, 7) is 10.6. The van der Waals surface area contributed by atoms with Gasteiger partial charge in [-0.25, -0.2) is 9.97 Å². The fourth-order valence-corrected chi connectivity index (χ4v) is 5.59. The van der Waals surface area contributed by atoms with Gasteiger partial charge in [-0.3, -0.25) is 4.40 Å². The summed E-state index contributed by atoms with van der Waals surface area (Å²) in [4.78, 5) is 10.7. The van der Waals surface area contributed by atoms with Gasteiger partial charge in [0.15, 0.2) is 5.13 Å². The Labute approximate surface area is 202 Å². The van der Waals surface area contributed by atoms with E-state index in [-0.39, 0.29) is 0 Å². The molecule has 7 heteroatoms. The normalized spacial score (nSPS) is 13.7. The van der Waals surface area contributed by atoms with Crippen LogP contribution in [0.15, 0.2) is 65.8 Å². The van der Waals surface area contributed by atoms with E-state index >= 15 is 0 Å². The first-order chi connectivity index (χ1) is 16.0. The molecule has 0 aromatic carbocycles. The number of allylic oxidation sites excluding steroid dienone is 3. The molecule has 5 rings (SSSR count). The highest BCUT2D eigenvalue weighted by molar-refractivity contribution is 7.18. The zero-order valence-electron chi connectivity index (χ0n) is 19.1. The number of nitrogens with zero attached hydrogens (tertiary/aromatic N) is 3. The van der Waals surface area contributed by atoms with Crippen molar-refractivity contribution < 1.29 is 0 Å². The van der Waals surface area contributed by atoms with Gasteiger partial charge in [0.25, 0.3) is 0 Å². The van der Waals surface area contributed by atoms with Crippen molar-refractivity contribution in [1.29, 1.82) is 0 Å². The van der Waals surface area contributed by atoms with Gasteiger partial charge in [-0.1, -0.05) is 25.6 Å². The van der Waals surface area contributed by atoms with E-state index in [9.17, 15) is 0 Å². The number of fused-ring (bicyclic) bond motifs is 1. The van der Waals surface area contributed by atoms with Crippen LogP contribution in [0.3, 0.4) is 0 Å². The summed E-state index contributed by atoms with van der Waals surface area (Å²) in [5.74, 6) is 0. The van der Waals surface area contributed by atoms with Crippen LogP contribution in [0.2, 0.25) is 0 Å². The van der Waals surface area contributed by atoms with Gasteiger partial charge in [0, 0.05) is 23.0 Å². The van der Waals surface area contributed by atoms with E-state index in [2.05, 4.69) is 83.5 Å². The van der Waals surface area contributed by atoms with Gasteiger partial charge in [0.2, 0.25) is 0 Å². The van der Waals surface area contributed by atoms with E-state index in [0.717, 1.165) is 68.4 Å². The lowest BCUT2D eigenvalue weighted by molar-refractivity contribution is 0.907. The Morgan fingerprint density at radius 3 is 2.88 bits per heavy atom. The maximum Gasteiger partial charge on any atom is 0.188 e. The Bertz CT molecular complexity index is 1400. The first-order valence-electron chi connectivity index (χ1n) is 11.1. The highest BCUT2D eigenvalue weighted by Gasteiger charge is 2.15. The van der Waals surface area contributed by atoms with Crippen molar-refractivity contribution in [1.82, 2.24) is 19.7 Å². The zero-order chi connectivity index (χ0) is 22.9. The standard InChI is InChI=1S/C26H27N5S2/c1-5-19-10-12-23-28-18(4)25(31(23)14-19)21-15-32-26(29-21)30-24-13-11-22(33-24)17(3)27-20-9-7-6-8-16(20)2/h7,9-15,27H,3,5-6,8H2,1-2,4H3,(H,29,30). The van der Waals surface area contributed by atoms with Crippen LogP contribution in [-0.2, 0) is 6.42 Å². The summed E-state index contributed by atoms with van der Waals surface area (Å²) in [6, 6.07) is 8.40. The number of nitrogens with one attached hydrogen (secondary N) is 2. The number of hydrogen-bond donors (Lipinski definition) is 2. The minimum atomic E-state index is 0.867. The Morgan fingerprint density at radius 1 is 1.18 bits per heavy atom. The topological polar surface area (TPSA) is 54.2 Å². The second-order valence-electron chi connectivity index (χ2n) is 8.23. The minimum Gasteiger partial charge on any atom is -0.355 e. The van der Waals surface area contributed by atoms with Crippen LogP contribution in [-0.4, -0.2) is 14.4 Å². The van der Waals surface area contributed by atoms with Gasteiger partial charge in [0.05, 0.1) is 21.3 Å². The Hall–Kier alpha value is -3.16. The van der Waals surface area contributed by atoms with Crippen LogP contribution in [0.4, 0.5) is 10.1 Å². The lowest BCUT2D eigenvalue weighted by Gasteiger charge is -2.15. The van der Waals surface area contributed by atoms with Crippen LogP contribution in [0.25, 0.3) is 22.7 Å². The summed E-state index contributed by atoms with van der Waals surface area (Å²) in [5, 5.41) is 10.9. The number of anilines is 2. The third kappa shape index (κ3) is 4.38. The van der Waals surface area contributed by atoms with Crippen molar-refractivity contribution >= 4 is 44.2 Å². The molecule has 0 unspecified atom stereocenters. The predicted octanol–water partition coefficient (Wildman–Crippen LogP) is 7.32. The molecule has 0 amide bonds. The summed E-state index contributed by atoms with van der Waals surface area (Å²) in [6.07, 6.45) is 9.73. The lowest BCUT2D eigenvalue weighted by Crippen LogP contribution is -2.12. The molecule has 1 aliphatic rings. The number of imidazole rings is 1. The van der Waals surface area contributed by atoms with Crippen LogP contribution in [0.1, 0.15) is 42.8 Å². The van der Waals surface area contributed by atoms with Gasteiger partial charge in [-0.15, -0.1) is 22.7 Å². The molecule has 0 saturated heterocycles. The third-order valence-electron chi connectivity index (χ3n) is 5.86. The fourth-order valence-electron chi connectivity index (χ4n) is 3.99. The zero-order valence-corrected chi connectivity index (χ0v) is 20.7. The number of rotatable bonds is 7. The monoisotopic (exact) mass is 473 g/mol. The van der Waals surface area contributed by atoms with Crippen molar-refractivity contribution in [2.45, 2.75) is 40.0 Å². The van der Waals surface area contributed by atoms with Gasteiger partial charge < -0.3 is 10.6 Å². The Balaban J connectivity index is 1.34. The van der Waals surface area contributed by atoms with Gasteiger partial charge in [-0.2, -0.15) is 0 Å². The van der Waals surface area contributed by atoms with Crippen LogP contribution >= 0.6 is 22.7 Å². The van der Waals surface area contributed by atoms with E-state index in [0.29, 0.717) is 0 Å². The van der Waals surface area contributed by atoms with Crippen molar-refractivity contribution in [3.8, 4) is 11.4 Å². The molecule has 0 radical (unpaired) electrons. The molecule has 0 spiro atoms. The van der Waals surface area contributed by atoms with Gasteiger partial charge in [0.1, 0.15) is 11.3 Å². The molecule has 33 heavy (non-hydrogen) atoms. The summed E-state index contributed by atoms with van der Waals surface area (Å²) < 4.78 is 2.16. The predicted molar refractivity (Wildman–Crippen MR) is 141 cm³/mol. The van der Waals surface area contributed by atoms with Crippen LogP contribution < -0.4 is 10.6 Å². The Morgan fingerprint density at radius 2 is 2.06 bits per heavy atom. The van der Waals surface area contributed by atoms with Crippen molar-refractivity contribution in [3.63, 3.8) is 0 Å². The summed E-state index contributed by atoms with van der Waals surface area (Å²) in [7, 11) is 0. The molecule has 2 N–H and O–H groups in total. The maximum absolute atomic E-state index is 4.87. The molecule has 0 aliphatic heterocycles. The summed E-state index contributed by atoms with van der Waals surface area (Å²) >= 11 is 3.28. The number of thiophene rings is 1. The number of aryl methyl sites for hydroxylation is 2. The Kier molecular flexibility index (Phi) is 5.91. The third-order valence-corrected chi connectivity index (χ3v) is 7.68. The van der Waals surface area contributed by atoms with Crippen molar-refractivity contribution in [3.05, 3.63) is 82.0 Å². The smallest absolute Gasteiger partial charge is 0.188 e. The molecular formula is C26H27N5S2.